The zero-order chi connectivity index (χ0) is 10.5. The van der Waals surface area contributed by atoms with Crippen molar-refractivity contribution in [1.29, 1.82) is 0 Å². The molecule has 3 rings (SSSR count). The molecular weight excluding hydrogens is 193 g/mol. The summed E-state index contributed by atoms with van der Waals surface area (Å²) in [6, 6.07) is 5.73. The summed E-state index contributed by atoms with van der Waals surface area (Å²) in [5.74, 6) is 0.465. The molecule has 15 heavy (non-hydrogen) atoms. The quantitative estimate of drug-likeness (QED) is 0.787. The summed E-state index contributed by atoms with van der Waals surface area (Å²) in [6.07, 6.45) is 1.16. The van der Waals surface area contributed by atoms with Crippen molar-refractivity contribution in [2.75, 3.05) is 0 Å². The van der Waals surface area contributed by atoms with Crippen LogP contribution in [-0.4, -0.2) is 9.97 Å². The molecule has 0 spiro atoms. The maximum Gasteiger partial charge on any atom is 0.168 e. The summed E-state index contributed by atoms with van der Waals surface area (Å²) in [5, 5.41) is 0. The molecule has 1 aliphatic rings. The van der Waals surface area contributed by atoms with Crippen LogP contribution in [0.3, 0.4) is 0 Å². The van der Waals surface area contributed by atoms with Gasteiger partial charge in [0.05, 0.1) is 11.0 Å². The Morgan fingerprint density at radius 2 is 2.27 bits per heavy atom. The Morgan fingerprint density at radius 1 is 1.47 bits per heavy atom. The lowest BCUT2D eigenvalue weighted by molar-refractivity contribution is 0.303. The number of hydrogen-bond donors (Lipinski definition) is 2. The van der Waals surface area contributed by atoms with Crippen LogP contribution in [0.2, 0.25) is 0 Å². The van der Waals surface area contributed by atoms with E-state index in [1.54, 1.807) is 0 Å². The van der Waals surface area contributed by atoms with Crippen LogP contribution in [0.5, 0.6) is 0 Å². The van der Waals surface area contributed by atoms with Crippen LogP contribution in [0.15, 0.2) is 18.2 Å². The number of nitrogens with two attached hydrogens (primary N) is 1. The maximum absolute atomic E-state index is 13.7. The third-order valence-corrected chi connectivity index (χ3v) is 2.90. The SMILES string of the molecule is NCc1ccc2nc(C3(F)CC3)[nH]c2c1. The number of alkyl halides is 1. The van der Waals surface area contributed by atoms with Crippen molar-refractivity contribution in [3.05, 3.63) is 29.6 Å². The van der Waals surface area contributed by atoms with Gasteiger partial charge >= 0.3 is 0 Å². The third-order valence-electron chi connectivity index (χ3n) is 2.90. The molecule has 1 aromatic heterocycles. The van der Waals surface area contributed by atoms with Crippen molar-refractivity contribution in [2.45, 2.75) is 25.1 Å². The van der Waals surface area contributed by atoms with Gasteiger partial charge in [0.15, 0.2) is 5.67 Å². The van der Waals surface area contributed by atoms with Gasteiger partial charge in [0.25, 0.3) is 0 Å². The first-order chi connectivity index (χ1) is 7.21. The van der Waals surface area contributed by atoms with E-state index in [1.165, 1.54) is 0 Å². The van der Waals surface area contributed by atoms with Gasteiger partial charge in [-0.3, -0.25) is 0 Å². The van der Waals surface area contributed by atoms with Gasteiger partial charge in [0.1, 0.15) is 5.82 Å². The molecule has 0 radical (unpaired) electrons. The Kier molecular flexibility index (Phi) is 1.65. The van der Waals surface area contributed by atoms with Crippen LogP contribution < -0.4 is 5.73 Å². The number of fused-ring (bicyclic) bond motifs is 1. The molecule has 4 heteroatoms. The topological polar surface area (TPSA) is 54.7 Å². The first-order valence-electron chi connectivity index (χ1n) is 5.09. The molecule has 0 unspecified atom stereocenters. The molecule has 0 aliphatic heterocycles. The lowest BCUT2D eigenvalue weighted by atomic mass is 10.2. The number of imidazole rings is 1. The van der Waals surface area contributed by atoms with Crippen molar-refractivity contribution in [2.24, 2.45) is 5.73 Å². The van der Waals surface area contributed by atoms with Crippen molar-refractivity contribution >= 4 is 11.0 Å². The zero-order valence-corrected chi connectivity index (χ0v) is 8.26. The molecule has 0 amide bonds. The number of aromatic amines is 1. The second-order valence-electron chi connectivity index (χ2n) is 4.11. The van der Waals surface area contributed by atoms with Crippen LogP contribution in [0.25, 0.3) is 11.0 Å². The highest BCUT2D eigenvalue weighted by atomic mass is 19.1. The van der Waals surface area contributed by atoms with Crippen molar-refractivity contribution in [3.8, 4) is 0 Å². The van der Waals surface area contributed by atoms with Crippen LogP contribution in [0, 0.1) is 0 Å². The zero-order valence-electron chi connectivity index (χ0n) is 8.26. The summed E-state index contributed by atoms with van der Waals surface area (Å²) in [4.78, 5) is 7.28. The molecule has 0 bridgehead atoms. The monoisotopic (exact) mass is 205 g/mol. The van der Waals surface area contributed by atoms with E-state index in [-0.39, 0.29) is 0 Å². The smallest absolute Gasteiger partial charge is 0.168 e. The first-order valence-corrected chi connectivity index (χ1v) is 5.09. The van der Waals surface area contributed by atoms with Gasteiger partial charge in [-0.1, -0.05) is 6.07 Å². The van der Waals surface area contributed by atoms with Gasteiger partial charge in [-0.25, -0.2) is 9.37 Å². The summed E-state index contributed by atoms with van der Waals surface area (Å²) < 4.78 is 13.7. The molecule has 1 aromatic carbocycles. The number of nitrogens with zero attached hydrogens (tertiary/aromatic N) is 1. The van der Waals surface area contributed by atoms with Crippen molar-refractivity contribution < 1.29 is 4.39 Å². The van der Waals surface area contributed by atoms with Crippen LogP contribution in [-0.2, 0) is 12.2 Å². The lowest BCUT2D eigenvalue weighted by Gasteiger charge is -1.96. The molecule has 1 saturated carbocycles. The van der Waals surface area contributed by atoms with Gasteiger partial charge in [0, 0.05) is 6.54 Å². The minimum Gasteiger partial charge on any atom is -0.339 e. The van der Waals surface area contributed by atoms with E-state index >= 15 is 0 Å². The van der Waals surface area contributed by atoms with Crippen molar-refractivity contribution in [1.82, 2.24) is 9.97 Å². The fourth-order valence-corrected chi connectivity index (χ4v) is 1.74. The molecule has 0 saturated heterocycles. The van der Waals surface area contributed by atoms with Crippen LogP contribution in [0.4, 0.5) is 4.39 Å². The number of hydrogen-bond acceptors (Lipinski definition) is 2. The fourth-order valence-electron chi connectivity index (χ4n) is 1.74. The predicted octanol–water partition coefficient (Wildman–Crippen LogP) is 1.98. The van der Waals surface area contributed by atoms with Gasteiger partial charge in [0.2, 0.25) is 0 Å². The largest absolute Gasteiger partial charge is 0.339 e. The van der Waals surface area contributed by atoms with Gasteiger partial charge in [-0.2, -0.15) is 0 Å². The number of rotatable bonds is 2. The number of H-pyrrole nitrogens is 1. The van der Waals surface area contributed by atoms with Gasteiger partial charge in [-0.05, 0) is 30.5 Å². The number of aromatic nitrogens is 2. The van der Waals surface area contributed by atoms with E-state index in [1.807, 2.05) is 18.2 Å². The predicted molar refractivity (Wildman–Crippen MR) is 56.0 cm³/mol. The van der Waals surface area contributed by atoms with Crippen LogP contribution in [0.1, 0.15) is 24.2 Å². The van der Waals surface area contributed by atoms with E-state index in [0.717, 1.165) is 16.6 Å². The Balaban J connectivity index is 2.13. The van der Waals surface area contributed by atoms with Gasteiger partial charge < -0.3 is 10.7 Å². The number of nitrogens with one attached hydrogen (secondary N) is 1. The average molecular weight is 205 g/mol. The van der Waals surface area contributed by atoms with E-state index in [4.69, 9.17) is 5.73 Å². The van der Waals surface area contributed by atoms with E-state index in [2.05, 4.69) is 9.97 Å². The third kappa shape index (κ3) is 1.33. The number of halogens is 1. The Labute approximate surface area is 86.5 Å². The second kappa shape index (κ2) is 2.79. The van der Waals surface area contributed by atoms with Gasteiger partial charge in [-0.15, -0.1) is 0 Å². The van der Waals surface area contributed by atoms with Crippen molar-refractivity contribution in [3.63, 3.8) is 0 Å². The molecule has 1 heterocycles. The lowest BCUT2D eigenvalue weighted by Crippen LogP contribution is -1.99. The molecule has 78 valence electrons. The summed E-state index contributed by atoms with van der Waals surface area (Å²) in [6.45, 7) is 0.491. The molecule has 3 nitrogen and oxygen atoms in total. The molecular formula is C11H12FN3. The number of benzene rings is 1. The highest BCUT2D eigenvalue weighted by Gasteiger charge is 2.47. The Bertz CT molecular complexity index is 514. The van der Waals surface area contributed by atoms with Crippen LogP contribution >= 0.6 is 0 Å². The molecule has 0 atom stereocenters. The Hall–Kier alpha value is -1.42. The summed E-state index contributed by atoms with van der Waals surface area (Å²) >= 11 is 0. The standard InChI is InChI=1S/C11H12FN3/c12-11(3-4-11)10-14-8-2-1-7(6-13)5-9(8)15-10/h1-2,5H,3-4,6,13H2,(H,14,15). The highest BCUT2D eigenvalue weighted by Crippen LogP contribution is 2.48. The first kappa shape index (κ1) is 8.85. The minimum atomic E-state index is -1.19. The Morgan fingerprint density at radius 3 is 2.93 bits per heavy atom. The summed E-state index contributed by atoms with van der Waals surface area (Å²) in [7, 11) is 0. The molecule has 2 aromatic rings. The summed E-state index contributed by atoms with van der Waals surface area (Å²) in [5.41, 5.74) is 7.06. The minimum absolute atomic E-state index is 0.465. The maximum atomic E-state index is 13.7. The van der Waals surface area contributed by atoms with E-state index in [0.29, 0.717) is 25.2 Å². The molecule has 3 N–H and O–H groups in total. The highest BCUT2D eigenvalue weighted by molar-refractivity contribution is 5.76. The second-order valence-corrected chi connectivity index (χ2v) is 4.11. The molecule has 1 fully saturated rings. The molecule has 1 aliphatic carbocycles. The fraction of sp³-hybridized carbons (Fsp3) is 0.364. The van der Waals surface area contributed by atoms with E-state index in [9.17, 15) is 4.39 Å². The van der Waals surface area contributed by atoms with E-state index < -0.39 is 5.67 Å². The average Bonchev–Trinajstić information content (AvgIpc) is 2.85. The normalized spacial score (nSPS) is 18.3.